The van der Waals surface area contributed by atoms with Gasteiger partial charge < -0.3 is 0 Å². The zero-order valence-corrected chi connectivity index (χ0v) is 14.3. The molecule has 0 saturated carbocycles. The van der Waals surface area contributed by atoms with Gasteiger partial charge in [-0.3, -0.25) is 0 Å². The lowest BCUT2D eigenvalue weighted by atomic mass is 10.3. The summed E-state index contributed by atoms with van der Waals surface area (Å²) in [5, 5.41) is -0.641. The second-order valence-electron chi connectivity index (χ2n) is 2.65. The van der Waals surface area contributed by atoms with Crippen LogP contribution in [0.3, 0.4) is 0 Å². The van der Waals surface area contributed by atoms with Crippen LogP contribution >= 0.6 is 93.0 Å². The second kappa shape index (κ2) is 10.4. The van der Waals surface area contributed by atoms with Crippen LogP contribution in [0.15, 0.2) is 31.7 Å². The first-order chi connectivity index (χ1) is 7.82. The summed E-state index contributed by atoms with van der Waals surface area (Å²) < 4.78 is 0.392. The third-order valence-electron chi connectivity index (χ3n) is 1.42. The van der Waals surface area contributed by atoms with Crippen LogP contribution in [0.1, 0.15) is 0 Å². The minimum Gasteiger partial charge on any atom is -0.148 e. The van der Waals surface area contributed by atoms with Gasteiger partial charge in [0.1, 0.15) is 13.5 Å². The largest absolute Gasteiger partial charge is 0.148 e. The van der Waals surface area contributed by atoms with Crippen molar-refractivity contribution in [3.05, 3.63) is 31.7 Å². The second-order valence-corrected chi connectivity index (χ2v) is 7.39. The summed E-state index contributed by atoms with van der Waals surface area (Å²) in [5.41, 5.74) is 0. The van der Waals surface area contributed by atoms with Crippen LogP contribution in [0.25, 0.3) is 0 Å². The SMILES string of the molecule is ClC(Cl)=CCSC(C=C(Cl)Cl)C(Cl)C=C(Cl)Cl. The summed E-state index contributed by atoms with van der Waals surface area (Å²) in [7, 11) is 0. The number of rotatable bonds is 6. The number of halogens is 7. The van der Waals surface area contributed by atoms with Crippen LogP contribution in [0.5, 0.6) is 0 Å². The molecule has 0 spiro atoms. The number of hydrogen-bond acceptors (Lipinski definition) is 1. The van der Waals surface area contributed by atoms with Crippen molar-refractivity contribution in [1.29, 1.82) is 0 Å². The Morgan fingerprint density at radius 2 is 1.41 bits per heavy atom. The molecule has 8 heteroatoms. The highest BCUT2D eigenvalue weighted by molar-refractivity contribution is 8.00. The third-order valence-corrected chi connectivity index (χ3v) is 3.95. The van der Waals surface area contributed by atoms with E-state index in [0.717, 1.165) is 0 Å². The molecule has 0 aliphatic heterocycles. The van der Waals surface area contributed by atoms with Gasteiger partial charge in [-0.05, 0) is 18.2 Å². The van der Waals surface area contributed by atoms with Gasteiger partial charge in [0, 0.05) is 11.0 Å². The predicted octanol–water partition coefficient (Wildman–Crippen LogP) is 6.65. The van der Waals surface area contributed by atoms with Crippen molar-refractivity contribution < 1.29 is 0 Å². The van der Waals surface area contributed by atoms with Crippen molar-refractivity contribution in [2.24, 2.45) is 0 Å². The van der Waals surface area contributed by atoms with E-state index in [1.807, 2.05) is 0 Å². The standard InChI is InChI=1S/C9H7Cl7S/c10-5(3-8(13)14)6(4-9(15)16)17-2-1-7(11)12/h1,3-6H,2H2. The number of thioether (sulfide) groups is 1. The van der Waals surface area contributed by atoms with Gasteiger partial charge >= 0.3 is 0 Å². The maximum absolute atomic E-state index is 6.09. The molecule has 0 aromatic rings. The van der Waals surface area contributed by atoms with Gasteiger partial charge in [-0.1, -0.05) is 69.6 Å². The van der Waals surface area contributed by atoms with Crippen LogP contribution in [0, 0.1) is 0 Å². The smallest absolute Gasteiger partial charge is 0.104 e. The first-order valence-corrected chi connectivity index (χ1v) is 7.90. The number of hydrogen-bond donors (Lipinski definition) is 0. The summed E-state index contributed by atoms with van der Waals surface area (Å²) in [4.78, 5) is 0. The number of alkyl halides is 1. The highest BCUT2D eigenvalue weighted by Crippen LogP contribution is 2.27. The molecule has 98 valence electrons. The monoisotopic (exact) mass is 392 g/mol. The molecular weight excluding hydrogens is 388 g/mol. The predicted molar refractivity (Wildman–Crippen MR) is 85.3 cm³/mol. The molecule has 0 heterocycles. The maximum atomic E-state index is 6.09. The minimum atomic E-state index is -0.444. The van der Waals surface area contributed by atoms with Crippen molar-refractivity contribution in [2.45, 2.75) is 10.6 Å². The summed E-state index contributed by atoms with van der Waals surface area (Å²) >= 11 is 40.8. The maximum Gasteiger partial charge on any atom is 0.104 e. The minimum absolute atomic E-state index is 0.0839. The van der Waals surface area contributed by atoms with E-state index in [0.29, 0.717) is 5.75 Å². The Labute approximate surface area is 140 Å². The quantitative estimate of drug-likeness (QED) is 0.454. The highest BCUT2D eigenvalue weighted by atomic mass is 35.5. The van der Waals surface area contributed by atoms with Gasteiger partial charge in [0.05, 0.1) is 5.38 Å². The summed E-state index contributed by atoms with van der Waals surface area (Å²) in [6.45, 7) is 0. The third kappa shape index (κ3) is 11.1. The van der Waals surface area contributed by atoms with Gasteiger partial charge in [0.2, 0.25) is 0 Å². The van der Waals surface area contributed by atoms with Crippen LogP contribution in [-0.4, -0.2) is 16.4 Å². The lowest BCUT2D eigenvalue weighted by Crippen LogP contribution is -2.13. The van der Waals surface area contributed by atoms with Gasteiger partial charge in [-0.2, -0.15) is 0 Å². The molecule has 0 aliphatic rings. The van der Waals surface area contributed by atoms with E-state index >= 15 is 0 Å². The summed E-state index contributed by atoms with van der Waals surface area (Å²) in [6, 6.07) is 0. The molecule has 0 fully saturated rings. The molecule has 0 aromatic carbocycles. The van der Waals surface area contributed by atoms with Crippen molar-refractivity contribution in [3.8, 4) is 0 Å². The van der Waals surface area contributed by atoms with E-state index in [1.54, 1.807) is 12.2 Å². The Bertz CT molecular complexity index is 311. The van der Waals surface area contributed by atoms with Gasteiger partial charge in [-0.15, -0.1) is 23.4 Å². The van der Waals surface area contributed by atoms with Crippen LogP contribution in [-0.2, 0) is 0 Å². The van der Waals surface area contributed by atoms with E-state index < -0.39 is 5.38 Å². The van der Waals surface area contributed by atoms with Gasteiger partial charge in [-0.25, -0.2) is 0 Å². The highest BCUT2D eigenvalue weighted by Gasteiger charge is 2.16. The first kappa shape index (κ1) is 18.6. The van der Waals surface area contributed by atoms with Gasteiger partial charge in [0.25, 0.3) is 0 Å². The first-order valence-electron chi connectivity index (χ1n) is 4.15. The Hall–Kier alpha value is 1.60. The van der Waals surface area contributed by atoms with E-state index in [4.69, 9.17) is 81.2 Å². The Morgan fingerprint density at radius 1 is 0.882 bits per heavy atom. The van der Waals surface area contributed by atoms with Crippen LogP contribution in [0.4, 0.5) is 0 Å². The van der Waals surface area contributed by atoms with Crippen molar-refractivity contribution >= 4 is 93.0 Å². The van der Waals surface area contributed by atoms with E-state index in [-0.39, 0.29) is 18.7 Å². The summed E-state index contributed by atoms with van der Waals surface area (Å²) in [6.07, 6.45) is 4.71. The fraction of sp³-hybridized carbons (Fsp3) is 0.333. The molecule has 0 aromatic heterocycles. The number of allylic oxidation sites excluding steroid dienone is 1. The van der Waals surface area contributed by atoms with Crippen LogP contribution < -0.4 is 0 Å². The van der Waals surface area contributed by atoms with E-state index in [2.05, 4.69) is 0 Å². The molecule has 2 atom stereocenters. The zero-order valence-electron chi connectivity index (χ0n) is 8.15. The fourth-order valence-corrected chi connectivity index (χ4v) is 3.35. The van der Waals surface area contributed by atoms with Crippen molar-refractivity contribution in [2.75, 3.05) is 5.75 Å². The van der Waals surface area contributed by atoms with Crippen LogP contribution in [0.2, 0.25) is 0 Å². The van der Waals surface area contributed by atoms with Crippen molar-refractivity contribution in [3.63, 3.8) is 0 Å². The Morgan fingerprint density at radius 3 is 1.82 bits per heavy atom. The topological polar surface area (TPSA) is 0 Å². The average molecular weight is 395 g/mol. The Balaban J connectivity index is 4.60. The molecule has 0 bridgehead atoms. The normalized spacial score (nSPS) is 13.6. The molecule has 0 aliphatic carbocycles. The molecule has 0 nitrogen and oxygen atoms in total. The molecule has 0 rings (SSSR count). The molecule has 2 unspecified atom stereocenters. The summed E-state index contributed by atoms with van der Waals surface area (Å²) in [5.74, 6) is 0.557. The zero-order chi connectivity index (χ0) is 13.4. The fourth-order valence-electron chi connectivity index (χ4n) is 0.794. The Kier molecular flexibility index (Phi) is 11.4. The van der Waals surface area contributed by atoms with E-state index in [1.165, 1.54) is 17.8 Å². The molecule has 17 heavy (non-hydrogen) atoms. The molecular formula is C9H7Cl7S. The van der Waals surface area contributed by atoms with Gasteiger partial charge in [0.15, 0.2) is 0 Å². The molecule has 0 saturated heterocycles. The lowest BCUT2D eigenvalue weighted by molar-refractivity contribution is 1.08. The van der Waals surface area contributed by atoms with Crippen molar-refractivity contribution in [1.82, 2.24) is 0 Å². The molecule has 0 radical (unpaired) electrons. The van der Waals surface area contributed by atoms with E-state index in [9.17, 15) is 0 Å². The average Bonchev–Trinajstić information content (AvgIpc) is 2.13. The molecule has 0 amide bonds. The lowest BCUT2D eigenvalue weighted by Gasteiger charge is -2.14. The molecule has 0 N–H and O–H groups in total.